The van der Waals surface area contributed by atoms with E-state index in [-0.39, 0.29) is 0 Å². The molecule has 0 unspecified atom stereocenters. The Kier molecular flexibility index (Phi) is 1.23. The van der Waals surface area contributed by atoms with Crippen molar-refractivity contribution in [3.63, 3.8) is 0 Å². The maximum absolute atomic E-state index is 5.09. The third-order valence-corrected chi connectivity index (χ3v) is 1.34. The van der Waals surface area contributed by atoms with Gasteiger partial charge in [-0.05, 0) is 6.07 Å². The summed E-state index contributed by atoms with van der Waals surface area (Å²) in [6.45, 7) is 0. The molecule has 0 aliphatic rings. The van der Waals surface area contributed by atoms with E-state index in [0.717, 1.165) is 5.39 Å². The Hall–Kier alpha value is -1.62. The fourth-order valence-corrected chi connectivity index (χ4v) is 0.826. The molecule has 0 fully saturated rings. The number of fused-ring (bicyclic) bond motifs is 1. The van der Waals surface area contributed by atoms with Crippen LogP contribution in [0.4, 0.5) is 5.95 Å². The number of furan rings is 1. The van der Waals surface area contributed by atoms with Gasteiger partial charge in [-0.3, -0.25) is 5.43 Å². The van der Waals surface area contributed by atoms with Gasteiger partial charge in [0.2, 0.25) is 11.7 Å². The maximum Gasteiger partial charge on any atom is 0.240 e. The second-order valence-corrected chi connectivity index (χ2v) is 2.02. The first kappa shape index (κ1) is 6.11. The van der Waals surface area contributed by atoms with Crippen LogP contribution in [0, 0.1) is 0 Å². The molecule has 56 valence electrons. The number of rotatable bonds is 1. The van der Waals surface area contributed by atoms with Crippen LogP contribution in [0.3, 0.4) is 0 Å². The summed E-state index contributed by atoms with van der Waals surface area (Å²) in [5.74, 6) is 5.45. The Bertz CT molecular complexity index is 369. The number of aromatic nitrogens is 2. The number of nitrogen functional groups attached to an aromatic ring is 1. The molecule has 0 saturated carbocycles. The lowest BCUT2D eigenvalue weighted by atomic mass is 10.4. The van der Waals surface area contributed by atoms with Gasteiger partial charge in [0.1, 0.15) is 0 Å². The molecular formula is C6H6N4O. The topological polar surface area (TPSA) is 77.0 Å². The minimum absolute atomic E-state index is 0.354. The van der Waals surface area contributed by atoms with Gasteiger partial charge in [-0.15, -0.1) is 0 Å². The van der Waals surface area contributed by atoms with E-state index in [2.05, 4.69) is 15.4 Å². The summed E-state index contributed by atoms with van der Waals surface area (Å²) in [5, 5.41) is 0.865. The Labute approximate surface area is 62.2 Å². The third kappa shape index (κ3) is 0.908. The van der Waals surface area contributed by atoms with E-state index in [9.17, 15) is 0 Å². The molecule has 0 amide bonds. The van der Waals surface area contributed by atoms with E-state index in [0.29, 0.717) is 11.7 Å². The van der Waals surface area contributed by atoms with Gasteiger partial charge in [-0.2, -0.15) is 4.98 Å². The molecule has 2 rings (SSSR count). The molecule has 5 nitrogen and oxygen atoms in total. The first-order valence-corrected chi connectivity index (χ1v) is 3.07. The SMILES string of the molecule is NNc1ncc2ccoc2n1. The second kappa shape index (κ2) is 2.21. The van der Waals surface area contributed by atoms with Crippen molar-refractivity contribution in [3.05, 3.63) is 18.5 Å². The van der Waals surface area contributed by atoms with E-state index in [1.54, 1.807) is 18.5 Å². The maximum atomic E-state index is 5.09. The van der Waals surface area contributed by atoms with Crippen molar-refractivity contribution in [2.24, 2.45) is 5.84 Å². The van der Waals surface area contributed by atoms with Crippen LogP contribution in [0.25, 0.3) is 11.1 Å². The van der Waals surface area contributed by atoms with E-state index in [1.165, 1.54) is 0 Å². The number of nitrogens with zero attached hydrogens (tertiary/aromatic N) is 2. The lowest BCUT2D eigenvalue weighted by molar-refractivity contribution is 0.603. The summed E-state index contributed by atoms with van der Waals surface area (Å²) < 4.78 is 5.01. The zero-order valence-electron chi connectivity index (χ0n) is 5.61. The average Bonchev–Trinajstić information content (AvgIpc) is 2.50. The first-order chi connectivity index (χ1) is 5.40. The molecule has 3 N–H and O–H groups in total. The van der Waals surface area contributed by atoms with Crippen molar-refractivity contribution in [3.8, 4) is 0 Å². The minimum Gasteiger partial charge on any atom is -0.446 e. The highest BCUT2D eigenvalue weighted by atomic mass is 16.3. The van der Waals surface area contributed by atoms with Crippen molar-refractivity contribution >= 4 is 17.0 Å². The summed E-state index contributed by atoms with van der Waals surface area (Å²) >= 11 is 0. The summed E-state index contributed by atoms with van der Waals surface area (Å²) in [6, 6.07) is 1.79. The molecule has 0 bridgehead atoms. The van der Waals surface area contributed by atoms with Gasteiger partial charge in [-0.1, -0.05) is 0 Å². The molecule has 5 heteroatoms. The Balaban J connectivity index is 2.67. The number of hydrogen-bond acceptors (Lipinski definition) is 5. The Morgan fingerprint density at radius 1 is 1.55 bits per heavy atom. The van der Waals surface area contributed by atoms with Gasteiger partial charge in [0.05, 0.1) is 11.6 Å². The third-order valence-electron chi connectivity index (χ3n) is 1.34. The van der Waals surface area contributed by atoms with Gasteiger partial charge in [-0.25, -0.2) is 10.8 Å². The summed E-state index contributed by atoms with van der Waals surface area (Å²) in [6.07, 6.45) is 3.20. The number of nitrogens with two attached hydrogens (primary N) is 1. The Morgan fingerprint density at radius 2 is 2.45 bits per heavy atom. The monoisotopic (exact) mass is 150 g/mol. The number of hydrogen-bond donors (Lipinski definition) is 2. The van der Waals surface area contributed by atoms with Gasteiger partial charge < -0.3 is 4.42 Å². The van der Waals surface area contributed by atoms with E-state index in [4.69, 9.17) is 10.3 Å². The van der Waals surface area contributed by atoms with Gasteiger partial charge in [0.25, 0.3) is 0 Å². The van der Waals surface area contributed by atoms with Gasteiger partial charge in [0, 0.05) is 6.20 Å². The van der Waals surface area contributed by atoms with Crippen LogP contribution in [0.2, 0.25) is 0 Å². The first-order valence-electron chi connectivity index (χ1n) is 3.07. The molecule has 0 aliphatic heterocycles. The number of hydrazine groups is 1. The smallest absolute Gasteiger partial charge is 0.240 e. The van der Waals surface area contributed by atoms with Crippen LogP contribution in [0.15, 0.2) is 22.9 Å². The molecule has 11 heavy (non-hydrogen) atoms. The van der Waals surface area contributed by atoms with E-state index < -0.39 is 0 Å². The molecule has 2 aromatic heterocycles. The molecular weight excluding hydrogens is 144 g/mol. The zero-order chi connectivity index (χ0) is 7.68. The predicted octanol–water partition coefficient (Wildman–Crippen LogP) is 0.508. The highest BCUT2D eigenvalue weighted by Crippen LogP contribution is 2.11. The van der Waals surface area contributed by atoms with Crippen molar-refractivity contribution in [2.75, 3.05) is 5.43 Å². The highest BCUT2D eigenvalue weighted by Gasteiger charge is 1.98. The second-order valence-electron chi connectivity index (χ2n) is 2.02. The normalized spacial score (nSPS) is 10.3. The molecule has 0 saturated heterocycles. The fourth-order valence-electron chi connectivity index (χ4n) is 0.826. The Morgan fingerprint density at radius 3 is 3.27 bits per heavy atom. The average molecular weight is 150 g/mol. The van der Waals surface area contributed by atoms with Crippen molar-refractivity contribution < 1.29 is 4.42 Å². The molecule has 0 atom stereocenters. The molecule has 0 aliphatic carbocycles. The van der Waals surface area contributed by atoms with E-state index >= 15 is 0 Å². The lowest BCUT2D eigenvalue weighted by Crippen LogP contribution is -2.09. The fraction of sp³-hybridized carbons (Fsp3) is 0. The van der Waals surface area contributed by atoms with Crippen molar-refractivity contribution in [1.29, 1.82) is 0 Å². The highest BCUT2D eigenvalue weighted by molar-refractivity contribution is 5.72. The molecule has 0 radical (unpaired) electrons. The standard InChI is InChI=1S/C6H6N4O/c7-10-6-8-3-4-1-2-11-5(4)9-6/h1-3H,7H2,(H,8,9,10). The summed E-state index contributed by atoms with van der Waals surface area (Å²) in [7, 11) is 0. The van der Waals surface area contributed by atoms with Crippen LogP contribution in [-0.4, -0.2) is 9.97 Å². The van der Waals surface area contributed by atoms with Crippen molar-refractivity contribution in [1.82, 2.24) is 9.97 Å². The van der Waals surface area contributed by atoms with Crippen LogP contribution >= 0.6 is 0 Å². The summed E-state index contributed by atoms with van der Waals surface area (Å²) in [5.41, 5.74) is 2.86. The number of anilines is 1. The molecule has 0 aromatic carbocycles. The number of nitrogens with one attached hydrogen (secondary N) is 1. The van der Waals surface area contributed by atoms with E-state index in [1.807, 2.05) is 0 Å². The van der Waals surface area contributed by atoms with Crippen LogP contribution < -0.4 is 11.3 Å². The lowest BCUT2D eigenvalue weighted by Gasteiger charge is -1.94. The summed E-state index contributed by atoms with van der Waals surface area (Å²) in [4.78, 5) is 7.83. The van der Waals surface area contributed by atoms with Crippen LogP contribution in [0.1, 0.15) is 0 Å². The minimum atomic E-state index is 0.354. The van der Waals surface area contributed by atoms with Gasteiger partial charge in [0.15, 0.2) is 0 Å². The largest absolute Gasteiger partial charge is 0.446 e. The molecule has 2 aromatic rings. The molecule has 2 heterocycles. The zero-order valence-corrected chi connectivity index (χ0v) is 5.61. The van der Waals surface area contributed by atoms with Crippen molar-refractivity contribution in [2.45, 2.75) is 0 Å². The quantitative estimate of drug-likeness (QED) is 0.457. The predicted molar refractivity (Wildman–Crippen MR) is 39.6 cm³/mol. The molecule has 0 spiro atoms. The van der Waals surface area contributed by atoms with Crippen LogP contribution in [0.5, 0.6) is 0 Å². The van der Waals surface area contributed by atoms with Crippen LogP contribution in [-0.2, 0) is 0 Å². The van der Waals surface area contributed by atoms with Gasteiger partial charge >= 0.3 is 0 Å².